The molecule has 45 heavy (non-hydrogen) atoms. The lowest BCUT2D eigenvalue weighted by Gasteiger charge is -2.32. The maximum atomic E-state index is 13.8. The molecule has 10 heteroatoms. The van der Waals surface area contributed by atoms with Crippen LogP contribution in [0.4, 0.5) is 22.0 Å². The van der Waals surface area contributed by atoms with E-state index in [1.54, 1.807) is 28.6 Å². The van der Waals surface area contributed by atoms with Crippen LogP contribution in [0.3, 0.4) is 0 Å². The van der Waals surface area contributed by atoms with Crippen LogP contribution in [0.15, 0.2) is 77.7 Å². The Morgan fingerprint density at radius 3 is 2.04 bits per heavy atom. The summed E-state index contributed by atoms with van der Waals surface area (Å²) in [6, 6.07) is 16.8. The van der Waals surface area contributed by atoms with Gasteiger partial charge in [-0.3, -0.25) is 0 Å². The van der Waals surface area contributed by atoms with Crippen LogP contribution >= 0.6 is 0 Å². The molecule has 4 nitrogen and oxygen atoms in total. The van der Waals surface area contributed by atoms with Crippen molar-refractivity contribution in [2.24, 2.45) is 11.8 Å². The van der Waals surface area contributed by atoms with Gasteiger partial charge in [0.25, 0.3) is 0 Å². The second kappa shape index (κ2) is 13.1. The van der Waals surface area contributed by atoms with E-state index in [1.807, 2.05) is 0 Å². The average molecular weight is 647 g/mol. The largest absolute Gasteiger partial charge is 0.416 e. The van der Waals surface area contributed by atoms with Gasteiger partial charge in [-0.2, -0.15) is 17.5 Å². The van der Waals surface area contributed by atoms with Crippen molar-refractivity contribution >= 4 is 10.0 Å². The van der Waals surface area contributed by atoms with Crippen molar-refractivity contribution in [3.63, 3.8) is 0 Å². The minimum Gasteiger partial charge on any atom is -0.303 e. The SMILES string of the molecule is O=S(=O)(c1cccc(C(F)(F)F)c1)N(C1CC1)[C@@H]1CC[C@@H]2CN(CCCCCC(c3ccc(F)cc3)c3ccc(F)cc3)C[C@H]21. The van der Waals surface area contributed by atoms with E-state index in [9.17, 15) is 30.4 Å². The zero-order valence-corrected chi connectivity index (χ0v) is 25.9. The van der Waals surface area contributed by atoms with Gasteiger partial charge in [0.2, 0.25) is 10.0 Å². The Morgan fingerprint density at radius 2 is 1.44 bits per heavy atom. The standard InChI is InChI=1S/C35H39F5N2O2S/c36-28-13-8-24(9-14-28)32(25-10-15-29(37)16-11-25)7-2-1-3-20-41-22-26-12-19-34(33(26)23-41)42(30-17-18-30)45(43,44)31-6-4-5-27(21-31)35(38,39)40/h4-6,8-11,13-16,21,26,30,32-34H,1-3,7,12,17-20,22-23H2/t26-,33-,34-/m1/s1. The summed E-state index contributed by atoms with van der Waals surface area (Å²) in [5, 5.41) is 0. The highest BCUT2D eigenvalue weighted by atomic mass is 32.2. The first-order valence-electron chi connectivity index (χ1n) is 15.9. The van der Waals surface area contributed by atoms with E-state index in [1.165, 1.54) is 36.4 Å². The Balaban J connectivity index is 1.05. The highest BCUT2D eigenvalue weighted by Gasteiger charge is 2.52. The molecule has 0 aromatic heterocycles. The molecule has 0 bridgehead atoms. The molecule has 0 N–H and O–H groups in total. The summed E-state index contributed by atoms with van der Waals surface area (Å²) in [5.41, 5.74) is 1.06. The zero-order chi connectivity index (χ0) is 31.8. The Kier molecular flexibility index (Phi) is 9.37. The topological polar surface area (TPSA) is 40.6 Å². The summed E-state index contributed by atoms with van der Waals surface area (Å²) in [6.45, 7) is 2.61. The van der Waals surface area contributed by atoms with Crippen molar-refractivity contribution in [2.75, 3.05) is 19.6 Å². The van der Waals surface area contributed by atoms with Gasteiger partial charge in [-0.15, -0.1) is 0 Å². The molecule has 1 saturated heterocycles. The first kappa shape index (κ1) is 32.1. The van der Waals surface area contributed by atoms with Gasteiger partial charge in [0.05, 0.1) is 10.5 Å². The predicted molar refractivity (Wildman–Crippen MR) is 163 cm³/mol. The fourth-order valence-electron chi connectivity index (χ4n) is 7.53. The van der Waals surface area contributed by atoms with Crippen molar-refractivity contribution in [3.8, 4) is 0 Å². The first-order chi connectivity index (χ1) is 21.5. The Bertz CT molecular complexity index is 1510. The van der Waals surface area contributed by atoms with E-state index in [0.29, 0.717) is 5.92 Å². The molecule has 3 fully saturated rings. The molecule has 6 rings (SSSR count). The van der Waals surface area contributed by atoms with E-state index >= 15 is 0 Å². The quantitative estimate of drug-likeness (QED) is 0.147. The average Bonchev–Trinajstić information content (AvgIpc) is 3.65. The first-order valence-corrected chi connectivity index (χ1v) is 17.4. The molecule has 3 aliphatic rings. The number of benzene rings is 3. The highest BCUT2D eigenvalue weighted by Crippen LogP contribution is 2.46. The molecule has 0 amide bonds. The van der Waals surface area contributed by atoms with Crippen molar-refractivity contribution in [1.82, 2.24) is 9.21 Å². The number of alkyl halides is 3. The fourth-order valence-corrected chi connectivity index (χ4v) is 9.52. The molecular weight excluding hydrogens is 607 g/mol. The van der Waals surface area contributed by atoms with Gasteiger partial charge >= 0.3 is 6.18 Å². The Labute approximate surface area is 262 Å². The van der Waals surface area contributed by atoms with Crippen molar-refractivity contribution in [3.05, 3.63) is 101 Å². The molecule has 2 saturated carbocycles. The molecule has 3 aromatic carbocycles. The van der Waals surface area contributed by atoms with E-state index in [4.69, 9.17) is 0 Å². The molecule has 1 aliphatic heterocycles. The number of likely N-dealkylation sites (tertiary alicyclic amines) is 1. The van der Waals surface area contributed by atoms with Gasteiger partial charge in [0, 0.05) is 31.1 Å². The van der Waals surface area contributed by atoms with Crippen molar-refractivity contribution < 1.29 is 30.4 Å². The minimum absolute atomic E-state index is 0.0466. The summed E-state index contributed by atoms with van der Waals surface area (Å²) >= 11 is 0. The number of hydrogen-bond acceptors (Lipinski definition) is 3. The van der Waals surface area contributed by atoms with Crippen LogP contribution in [0, 0.1) is 23.5 Å². The van der Waals surface area contributed by atoms with Crippen molar-refractivity contribution in [2.45, 2.75) is 80.4 Å². The maximum absolute atomic E-state index is 13.8. The van der Waals surface area contributed by atoms with Crippen LogP contribution in [-0.2, 0) is 16.2 Å². The molecule has 0 unspecified atom stereocenters. The highest BCUT2D eigenvalue weighted by molar-refractivity contribution is 7.89. The molecule has 1 heterocycles. The van der Waals surface area contributed by atoms with Crippen LogP contribution in [0.1, 0.15) is 74.0 Å². The third kappa shape index (κ3) is 7.28. The summed E-state index contributed by atoms with van der Waals surface area (Å²) in [6.07, 6.45) is 2.32. The zero-order valence-electron chi connectivity index (χ0n) is 25.1. The normalized spacial score (nSPS) is 22.4. The second-order valence-electron chi connectivity index (χ2n) is 12.9. The van der Waals surface area contributed by atoms with Crippen LogP contribution in [0.25, 0.3) is 0 Å². The van der Waals surface area contributed by atoms with E-state index in [0.717, 1.165) is 94.3 Å². The summed E-state index contributed by atoms with van der Waals surface area (Å²) in [4.78, 5) is 2.14. The minimum atomic E-state index is -4.61. The van der Waals surface area contributed by atoms with Crippen LogP contribution in [0.2, 0.25) is 0 Å². The number of hydrogen-bond donors (Lipinski definition) is 0. The summed E-state index contributed by atoms with van der Waals surface area (Å²) < 4.78 is 96.4. The molecule has 242 valence electrons. The second-order valence-corrected chi connectivity index (χ2v) is 14.8. The number of fused-ring (bicyclic) bond motifs is 1. The molecule has 0 radical (unpaired) electrons. The molecule has 0 spiro atoms. The molecule has 2 aliphatic carbocycles. The van der Waals surface area contributed by atoms with Crippen LogP contribution < -0.4 is 0 Å². The van der Waals surface area contributed by atoms with Gasteiger partial charge in [-0.25, -0.2) is 17.2 Å². The monoisotopic (exact) mass is 646 g/mol. The predicted octanol–water partition coefficient (Wildman–Crippen LogP) is 8.24. The van der Waals surface area contributed by atoms with Gasteiger partial charge in [-0.05, 0) is 110 Å². The Hall–Kier alpha value is -2.82. The van der Waals surface area contributed by atoms with Crippen molar-refractivity contribution in [1.29, 1.82) is 0 Å². The number of sulfonamides is 1. The summed E-state index contributed by atoms with van der Waals surface area (Å²) in [7, 11) is -4.07. The van der Waals surface area contributed by atoms with Gasteiger partial charge < -0.3 is 4.90 Å². The lowest BCUT2D eigenvalue weighted by atomic mass is 9.87. The van der Waals surface area contributed by atoms with Gasteiger partial charge in [0.15, 0.2) is 0 Å². The lowest BCUT2D eigenvalue weighted by molar-refractivity contribution is -0.137. The third-order valence-corrected chi connectivity index (χ3v) is 11.9. The summed E-state index contributed by atoms with van der Waals surface area (Å²) in [5.74, 6) is 0.0255. The smallest absolute Gasteiger partial charge is 0.303 e. The van der Waals surface area contributed by atoms with Gasteiger partial charge in [-0.1, -0.05) is 43.2 Å². The fraction of sp³-hybridized carbons (Fsp3) is 0.486. The lowest BCUT2D eigenvalue weighted by Crippen LogP contribution is -2.45. The number of nitrogens with zero attached hydrogens (tertiary/aromatic N) is 2. The molecular formula is C35H39F5N2O2S. The number of halogens is 5. The third-order valence-electron chi connectivity index (χ3n) is 9.88. The van der Waals surface area contributed by atoms with Crippen LogP contribution in [-0.4, -0.2) is 49.3 Å². The molecule has 3 aromatic rings. The number of rotatable bonds is 12. The maximum Gasteiger partial charge on any atom is 0.416 e. The Morgan fingerprint density at radius 1 is 0.800 bits per heavy atom. The van der Waals surface area contributed by atoms with Gasteiger partial charge in [0.1, 0.15) is 11.6 Å². The van der Waals surface area contributed by atoms with Crippen LogP contribution in [0.5, 0.6) is 0 Å². The van der Waals surface area contributed by atoms with E-state index in [2.05, 4.69) is 4.90 Å². The molecule has 3 atom stereocenters. The van der Waals surface area contributed by atoms with E-state index < -0.39 is 21.8 Å². The number of unbranched alkanes of at least 4 members (excludes halogenated alkanes) is 2. The van der Waals surface area contributed by atoms with E-state index in [-0.39, 0.29) is 40.4 Å².